The van der Waals surface area contributed by atoms with Crippen LogP contribution in [0.5, 0.6) is 0 Å². The molecule has 1 fully saturated rings. The Morgan fingerprint density at radius 1 is 1.36 bits per heavy atom. The molecule has 0 atom stereocenters. The van der Waals surface area contributed by atoms with E-state index in [1.807, 2.05) is 10.6 Å². The molecule has 0 radical (unpaired) electrons. The quantitative estimate of drug-likeness (QED) is 0.710. The van der Waals surface area contributed by atoms with Gasteiger partial charge in [-0.25, -0.2) is 9.97 Å². The van der Waals surface area contributed by atoms with Gasteiger partial charge in [0.05, 0.1) is 6.20 Å². The van der Waals surface area contributed by atoms with Gasteiger partial charge in [-0.3, -0.25) is 0 Å². The minimum absolute atomic E-state index is 0.539. The summed E-state index contributed by atoms with van der Waals surface area (Å²) in [5, 5.41) is 0. The van der Waals surface area contributed by atoms with Crippen molar-refractivity contribution >= 4 is 17.3 Å². The highest BCUT2D eigenvalue weighted by molar-refractivity contribution is 5.67. The minimum Gasteiger partial charge on any atom is -0.382 e. The molecule has 2 aromatic rings. The van der Waals surface area contributed by atoms with Crippen LogP contribution in [0.25, 0.3) is 5.65 Å². The Balaban J connectivity index is 2.23. The maximum atomic E-state index is 5.71. The van der Waals surface area contributed by atoms with E-state index in [0.717, 1.165) is 24.6 Å². The van der Waals surface area contributed by atoms with Gasteiger partial charge in [-0.1, -0.05) is 0 Å². The molecule has 72 valence electrons. The number of imidazole rings is 1. The van der Waals surface area contributed by atoms with Crippen LogP contribution in [-0.4, -0.2) is 27.5 Å². The molecule has 5 nitrogen and oxygen atoms in total. The first-order chi connectivity index (χ1) is 6.84. The molecule has 3 heterocycles. The topological polar surface area (TPSA) is 59.5 Å². The molecular formula is C9H11N5. The summed E-state index contributed by atoms with van der Waals surface area (Å²) in [6.07, 6.45) is 6.66. The lowest BCUT2D eigenvalue weighted by molar-refractivity contribution is 0.610. The van der Waals surface area contributed by atoms with Crippen molar-refractivity contribution in [3.63, 3.8) is 0 Å². The molecule has 0 saturated carbocycles. The van der Waals surface area contributed by atoms with Gasteiger partial charge in [0.1, 0.15) is 5.82 Å². The van der Waals surface area contributed by atoms with Crippen molar-refractivity contribution in [1.82, 2.24) is 14.4 Å². The monoisotopic (exact) mass is 189 g/mol. The molecule has 0 amide bonds. The van der Waals surface area contributed by atoms with E-state index in [1.54, 1.807) is 12.4 Å². The van der Waals surface area contributed by atoms with Gasteiger partial charge in [-0.15, -0.1) is 0 Å². The number of nitrogen functional groups attached to an aromatic ring is 1. The summed E-state index contributed by atoms with van der Waals surface area (Å²) in [6, 6.07) is 0. The third kappa shape index (κ3) is 0.951. The first-order valence-electron chi connectivity index (χ1n) is 4.69. The van der Waals surface area contributed by atoms with Crippen molar-refractivity contribution in [3.8, 4) is 0 Å². The molecule has 5 heteroatoms. The lowest BCUT2D eigenvalue weighted by atomic mass is 10.2. The summed E-state index contributed by atoms with van der Waals surface area (Å²) in [5.74, 6) is 1.44. The molecule has 1 aliphatic rings. The van der Waals surface area contributed by atoms with Gasteiger partial charge in [-0.05, 0) is 6.42 Å². The largest absolute Gasteiger partial charge is 0.382 e. The Bertz CT molecular complexity index is 471. The van der Waals surface area contributed by atoms with Crippen LogP contribution in [0, 0.1) is 0 Å². The predicted molar refractivity (Wildman–Crippen MR) is 54.2 cm³/mol. The van der Waals surface area contributed by atoms with Gasteiger partial charge in [-0.2, -0.15) is 0 Å². The number of nitrogens with two attached hydrogens (primary N) is 1. The summed E-state index contributed by atoms with van der Waals surface area (Å²) in [6.45, 7) is 2.11. The van der Waals surface area contributed by atoms with Gasteiger partial charge in [0.15, 0.2) is 11.5 Å². The van der Waals surface area contributed by atoms with Gasteiger partial charge < -0.3 is 15.0 Å². The van der Waals surface area contributed by atoms with Crippen LogP contribution < -0.4 is 10.6 Å². The van der Waals surface area contributed by atoms with Gasteiger partial charge in [0, 0.05) is 25.5 Å². The van der Waals surface area contributed by atoms with Crippen LogP contribution in [-0.2, 0) is 0 Å². The number of hydrogen-bond acceptors (Lipinski definition) is 4. The van der Waals surface area contributed by atoms with Crippen molar-refractivity contribution in [2.24, 2.45) is 0 Å². The Kier molecular flexibility index (Phi) is 1.41. The first kappa shape index (κ1) is 7.61. The molecule has 2 N–H and O–H groups in total. The van der Waals surface area contributed by atoms with Crippen LogP contribution >= 0.6 is 0 Å². The first-order valence-corrected chi connectivity index (χ1v) is 4.69. The predicted octanol–water partition coefficient (Wildman–Crippen LogP) is 0.522. The number of hydrogen-bond donors (Lipinski definition) is 1. The third-order valence-corrected chi connectivity index (χ3v) is 2.53. The van der Waals surface area contributed by atoms with Crippen molar-refractivity contribution in [1.29, 1.82) is 0 Å². The van der Waals surface area contributed by atoms with Crippen LogP contribution in [0.4, 0.5) is 11.6 Å². The fraction of sp³-hybridized carbons (Fsp3) is 0.333. The highest BCUT2D eigenvalue weighted by Crippen LogP contribution is 2.23. The average Bonchev–Trinajstić information content (AvgIpc) is 2.47. The van der Waals surface area contributed by atoms with Crippen molar-refractivity contribution in [3.05, 3.63) is 18.6 Å². The van der Waals surface area contributed by atoms with E-state index in [2.05, 4.69) is 14.9 Å². The standard InChI is InChI=1S/C9H11N5/c10-7-6-14-5-2-11-8(14)9(12-7)13-3-1-4-13/h2,5-6H,1,3-4,10H2. The minimum atomic E-state index is 0.539. The molecule has 0 aromatic carbocycles. The Morgan fingerprint density at radius 3 is 2.93 bits per heavy atom. The number of rotatable bonds is 1. The Labute approximate surface area is 81.2 Å². The number of anilines is 2. The number of nitrogens with zero attached hydrogens (tertiary/aromatic N) is 4. The van der Waals surface area contributed by atoms with Crippen LogP contribution in [0.3, 0.4) is 0 Å². The maximum absolute atomic E-state index is 5.71. The van der Waals surface area contributed by atoms with Gasteiger partial charge in [0.2, 0.25) is 0 Å². The second-order valence-corrected chi connectivity index (χ2v) is 3.49. The number of aromatic nitrogens is 3. The molecule has 1 aliphatic heterocycles. The van der Waals surface area contributed by atoms with E-state index in [9.17, 15) is 0 Å². The highest BCUT2D eigenvalue weighted by Gasteiger charge is 2.19. The molecule has 2 aromatic heterocycles. The zero-order valence-electron chi connectivity index (χ0n) is 7.72. The summed E-state index contributed by atoms with van der Waals surface area (Å²) in [7, 11) is 0. The molecule has 0 spiro atoms. The highest BCUT2D eigenvalue weighted by atomic mass is 15.3. The Hall–Kier alpha value is -1.78. The third-order valence-electron chi connectivity index (χ3n) is 2.53. The summed E-state index contributed by atoms with van der Waals surface area (Å²) in [5.41, 5.74) is 6.60. The lowest BCUT2D eigenvalue weighted by Crippen LogP contribution is -2.38. The van der Waals surface area contributed by atoms with E-state index in [4.69, 9.17) is 5.73 Å². The van der Waals surface area contributed by atoms with Crippen LogP contribution in [0.2, 0.25) is 0 Å². The van der Waals surface area contributed by atoms with E-state index in [1.165, 1.54) is 6.42 Å². The van der Waals surface area contributed by atoms with E-state index < -0.39 is 0 Å². The molecule has 1 saturated heterocycles. The zero-order valence-corrected chi connectivity index (χ0v) is 7.72. The SMILES string of the molecule is Nc1cn2ccnc2c(N2CCC2)n1. The molecule has 0 bridgehead atoms. The molecular weight excluding hydrogens is 178 g/mol. The number of fused-ring (bicyclic) bond motifs is 1. The average molecular weight is 189 g/mol. The summed E-state index contributed by atoms with van der Waals surface area (Å²) in [4.78, 5) is 10.8. The zero-order chi connectivity index (χ0) is 9.54. The van der Waals surface area contributed by atoms with Crippen molar-refractivity contribution in [2.75, 3.05) is 23.7 Å². The molecule has 14 heavy (non-hydrogen) atoms. The normalized spacial score (nSPS) is 15.9. The van der Waals surface area contributed by atoms with Crippen LogP contribution in [0.1, 0.15) is 6.42 Å². The fourth-order valence-electron chi connectivity index (χ4n) is 1.67. The van der Waals surface area contributed by atoms with Gasteiger partial charge >= 0.3 is 0 Å². The summed E-state index contributed by atoms with van der Waals surface area (Å²) < 4.78 is 1.91. The Morgan fingerprint density at radius 2 is 2.21 bits per heavy atom. The van der Waals surface area contributed by atoms with Crippen molar-refractivity contribution < 1.29 is 0 Å². The van der Waals surface area contributed by atoms with Gasteiger partial charge in [0.25, 0.3) is 0 Å². The smallest absolute Gasteiger partial charge is 0.180 e. The van der Waals surface area contributed by atoms with Crippen molar-refractivity contribution in [2.45, 2.75) is 6.42 Å². The van der Waals surface area contributed by atoms with E-state index >= 15 is 0 Å². The second kappa shape index (κ2) is 2.60. The summed E-state index contributed by atoms with van der Waals surface area (Å²) >= 11 is 0. The molecule has 0 aliphatic carbocycles. The second-order valence-electron chi connectivity index (χ2n) is 3.49. The van der Waals surface area contributed by atoms with Crippen LogP contribution in [0.15, 0.2) is 18.6 Å². The lowest BCUT2D eigenvalue weighted by Gasteiger charge is -2.32. The molecule has 0 unspecified atom stereocenters. The maximum Gasteiger partial charge on any atom is 0.180 e. The molecule has 3 rings (SSSR count). The van der Waals surface area contributed by atoms with E-state index in [0.29, 0.717) is 5.82 Å². The fourth-order valence-corrected chi connectivity index (χ4v) is 1.67. The van der Waals surface area contributed by atoms with E-state index in [-0.39, 0.29) is 0 Å².